The molecule has 2 aromatic heterocycles. The summed E-state index contributed by atoms with van der Waals surface area (Å²) in [5, 5.41) is 0. The van der Waals surface area contributed by atoms with E-state index in [0.717, 1.165) is 37.7 Å². The van der Waals surface area contributed by atoms with Crippen LogP contribution in [0, 0.1) is 5.41 Å². The van der Waals surface area contributed by atoms with Gasteiger partial charge in [0.1, 0.15) is 12.1 Å². The van der Waals surface area contributed by atoms with Gasteiger partial charge in [-0.25, -0.2) is 9.97 Å². The predicted molar refractivity (Wildman–Crippen MR) is 96.6 cm³/mol. The van der Waals surface area contributed by atoms with Crippen molar-refractivity contribution in [1.82, 2.24) is 19.9 Å². The molecule has 4 heterocycles. The van der Waals surface area contributed by atoms with E-state index in [9.17, 15) is 0 Å². The molecule has 2 fully saturated rings. The van der Waals surface area contributed by atoms with E-state index >= 15 is 0 Å². The Hall–Kier alpha value is -2.21. The lowest BCUT2D eigenvalue weighted by Crippen LogP contribution is -2.44. The molecule has 1 spiro atoms. The second-order valence-electron chi connectivity index (χ2n) is 7.23. The van der Waals surface area contributed by atoms with Crippen molar-refractivity contribution >= 4 is 5.82 Å². The lowest BCUT2D eigenvalue weighted by atomic mass is 9.79. The van der Waals surface area contributed by atoms with E-state index in [1.165, 1.54) is 25.8 Å². The van der Waals surface area contributed by atoms with E-state index in [2.05, 4.69) is 36.9 Å². The van der Waals surface area contributed by atoms with Gasteiger partial charge in [-0.15, -0.1) is 0 Å². The Labute approximate surface area is 148 Å². The fourth-order valence-corrected chi connectivity index (χ4v) is 4.24. The van der Waals surface area contributed by atoms with Gasteiger partial charge in [0, 0.05) is 43.9 Å². The summed E-state index contributed by atoms with van der Waals surface area (Å²) in [6, 6.07) is 8.11. The van der Waals surface area contributed by atoms with Gasteiger partial charge in [0.25, 0.3) is 0 Å². The number of hydrogen-bond donors (Lipinski definition) is 0. The van der Waals surface area contributed by atoms with Crippen molar-refractivity contribution in [2.24, 2.45) is 5.41 Å². The molecule has 2 aliphatic rings. The minimum atomic E-state index is 0.366. The topological polar surface area (TPSA) is 54.4 Å². The number of piperidine rings is 1. The van der Waals surface area contributed by atoms with Gasteiger partial charge in [-0.05, 0) is 37.9 Å². The van der Waals surface area contributed by atoms with Crippen LogP contribution in [0.25, 0.3) is 0 Å². The number of likely N-dealkylation sites (tertiary alicyclic amines) is 1. The first kappa shape index (κ1) is 16.3. The van der Waals surface area contributed by atoms with Crippen molar-refractivity contribution < 1.29 is 4.74 Å². The Morgan fingerprint density at radius 2 is 2.08 bits per heavy atom. The van der Waals surface area contributed by atoms with Crippen LogP contribution >= 0.6 is 0 Å². The molecule has 6 heteroatoms. The van der Waals surface area contributed by atoms with E-state index in [4.69, 9.17) is 4.74 Å². The summed E-state index contributed by atoms with van der Waals surface area (Å²) in [6.07, 6.45) is 7.25. The van der Waals surface area contributed by atoms with E-state index in [1.54, 1.807) is 13.4 Å². The highest BCUT2D eigenvalue weighted by Crippen LogP contribution is 2.40. The zero-order valence-corrected chi connectivity index (χ0v) is 14.8. The molecule has 0 aliphatic carbocycles. The number of pyridine rings is 1. The van der Waals surface area contributed by atoms with Gasteiger partial charge in [-0.1, -0.05) is 6.07 Å². The maximum absolute atomic E-state index is 5.24. The zero-order valence-electron chi connectivity index (χ0n) is 14.8. The van der Waals surface area contributed by atoms with E-state index < -0.39 is 0 Å². The Bertz CT molecular complexity index is 710. The molecule has 2 aromatic rings. The van der Waals surface area contributed by atoms with Crippen molar-refractivity contribution in [3.63, 3.8) is 0 Å². The smallest absolute Gasteiger partial charge is 0.218 e. The molecule has 4 rings (SSSR count). The van der Waals surface area contributed by atoms with Crippen LogP contribution < -0.4 is 9.64 Å². The maximum atomic E-state index is 5.24. The summed E-state index contributed by atoms with van der Waals surface area (Å²) in [5.74, 6) is 1.61. The van der Waals surface area contributed by atoms with Crippen molar-refractivity contribution in [1.29, 1.82) is 0 Å². The molecule has 2 saturated heterocycles. The van der Waals surface area contributed by atoms with Gasteiger partial charge in [-0.3, -0.25) is 9.88 Å². The summed E-state index contributed by atoms with van der Waals surface area (Å²) < 4.78 is 5.24. The third-order valence-corrected chi connectivity index (χ3v) is 5.45. The predicted octanol–water partition coefficient (Wildman–Crippen LogP) is 2.37. The quantitative estimate of drug-likeness (QED) is 0.852. The normalized spacial score (nSPS) is 24.0. The number of anilines is 1. The number of methoxy groups -OCH3 is 1. The third-order valence-electron chi connectivity index (χ3n) is 5.45. The molecule has 132 valence electrons. The van der Waals surface area contributed by atoms with Crippen molar-refractivity contribution in [3.05, 3.63) is 42.5 Å². The second kappa shape index (κ2) is 6.96. The SMILES string of the molecule is COc1cc(N2CC[C@@]3(CCCN(Cc4ccccn4)C3)C2)ncn1. The highest BCUT2D eigenvalue weighted by molar-refractivity contribution is 5.42. The summed E-state index contributed by atoms with van der Waals surface area (Å²) in [4.78, 5) is 18.0. The lowest BCUT2D eigenvalue weighted by molar-refractivity contribution is 0.0981. The molecular weight excluding hydrogens is 314 g/mol. The summed E-state index contributed by atoms with van der Waals surface area (Å²) in [5.41, 5.74) is 1.53. The average molecular weight is 339 g/mol. The standard InChI is InChI=1S/C19H25N5O/c1-25-18-11-17(21-15-22-18)24-10-7-19(14-24)6-4-9-23(13-19)12-16-5-2-3-8-20-16/h2-3,5,8,11,15H,4,6-7,9-10,12-14H2,1H3/t19-/m1/s1. The van der Waals surface area contributed by atoms with Crippen LogP contribution in [0.1, 0.15) is 25.0 Å². The Morgan fingerprint density at radius 3 is 2.92 bits per heavy atom. The summed E-state index contributed by atoms with van der Waals surface area (Å²) in [7, 11) is 1.65. The number of ether oxygens (including phenoxy) is 1. The molecular formula is C19H25N5O. The molecule has 0 radical (unpaired) electrons. The minimum Gasteiger partial charge on any atom is -0.481 e. The molecule has 6 nitrogen and oxygen atoms in total. The number of hydrogen-bond acceptors (Lipinski definition) is 6. The van der Waals surface area contributed by atoms with Crippen molar-refractivity contribution in [2.75, 3.05) is 38.2 Å². The van der Waals surface area contributed by atoms with Crippen molar-refractivity contribution in [3.8, 4) is 5.88 Å². The summed E-state index contributed by atoms with van der Waals surface area (Å²) in [6.45, 7) is 5.37. The number of rotatable bonds is 4. The number of aromatic nitrogens is 3. The highest BCUT2D eigenvalue weighted by atomic mass is 16.5. The first-order valence-corrected chi connectivity index (χ1v) is 9.00. The van der Waals surface area contributed by atoms with Crippen LogP contribution in [0.3, 0.4) is 0 Å². The van der Waals surface area contributed by atoms with E-state index in [1.807, 2.05) is 18.3 Å². The van der Waals surface area contributed by atoms with Crippen LogP contribution in [0.5, 0.6) is 5.88 Å². The molecule has 1 atom stereocenters. The zero-order chi connectivity index (χ0) is 17.1. The Kier molecular flexibility index (Phi) is 4.53. The lowest BCUT2D eigenvalue weighted by Gasteiger charge is -2.40. The number of nitrogens with zero attached hydrogens (tertiary/aromatic N) is 5. The fraction of sp³-hybridized carbons (Fsp3) is 0.526. The molecule has 0 bridgehead atoms. The first-order chi connectivity index (χ1) is 12.3. The van der Waals surface area contributed by atoms with Crippen LogP contribution in [-0.2, 0) is 6.54 Å². The van der Waals surface area contributed by atoms with Gasteiger partial charge in [0.15, 0.2) is 0 Å². The second-order valence-corrected chi connectivity index (χ2v) is 7.23. The van der Waals surface area contributed by atoms with Gasteiger partial charge >= 0.3 is 0 Å². The Balaban J connectivity index is 1.43. The first-order valence-electron chi connectivity index (χ1n) is 9.00. The van der Waals surface area contributed by atoms with E-state index in [0.29, 0.717) is 11.3 Å². The minimum absolute atomic E-state index is 0.366. The maximum Gasteiger partial charge on any atom is 0.218 e. The molecule has 0 saturated carbocycles. The molecule has 0 unspecified atom stereocenters. The Morgan fingerprint density at radius 1 is 1.12 bits per heavy atom. The fourth-order valence-electron chi connectivity index (χ4n) is 4.24. The molecule has 0 N–H and O–H groups in total. The monoisotopic (exact) mass is 339 g/mol. The largest absolute Gasteiger partial charge is 0.481 e. The van der Waals surface area contributed by atoms with Crippen LogP contribution in [0.2, 0.25) is 0 Å². The third kappa shape index (κ3) is 3.58. The van der Waals surface area contributed by atoms with Gasteiger partial charge in [-0.2, -0.15) is 0 Å². The van der Waals surface area contributed by atoms with Gasteiger partial charge in [0.2, 0.25) is 5.88 Å². The molecule has 2 aliphatic heterocycles. The molecule has 0 amide bonds. The molecule has 0 aromatic carbocycles. The van der Waals surface area contributed by atoms with Crippen LogP contribution in [0.15, 0.2) is 36.8 Å². The van der Waals surface area contributed by atoms with E-state index in [-0.39, 0.29) is 0 Å². The van der Waals surface area contributed by atoms with Crippen LogP contribution in [0.4, 0.5) is 5.82 Å². The van der Waals surface area contributed by atoms with Crippen LogP contribution in [-0.4, -0.2) is 53.1 Å². The van der Waals surface area contributed by atoms with Gasteiger partial charge < -0.3 is 9.64 Å². The van der Waals surface area contributed by atoms with Crippen molar-refractivity contribution in [2.45, 2.75) is 25.8 Å². The highest BCUT2D eigenvalue weighted by Gasteiger charge is 2.41. The van der Waals surface area contributed by atoms with Gasteiger partial charge in [0.05, 0.1) is 12.8 Å². The molecule has 25 heavy (non-hydrogen) atoms. The average Bonchev–Trinajstić information content (AvgIpc) is 3.06. The summed E-state index contributed by atoms with van der Waals surface area (Å²) >= 11 is 0.